The van der Waals surface area contributed by atoms with Crippen molar-refractivity contribution in [2.24, 2.45) is 0 Å². The third-order valence-electron chi connectivity index (χ3n) is 3.70. The summed E-state index contributed by atoms with van der Waals surface area (Å²) < 4.78 is 31.0. The fraction of sp³-hybridized carbons (Fsp3) is 0.0667. The Morgan fingerprint density at radius 3 is 3.00 bits per heavy atom. The third kappa shape index (κ3) is 2.78. The lowest BCUT2D eigenvalue weighted by Crippen LogP contribution is -2.07. The van der Waals surface area contributed by atoms with E-state index in [1.165, 1.54) is 30.1 Å². The van der Waals surface area contributed by atoms with Crippen LogP contribution in [0.3, 0.4) is 0 Å². The van der Waals surface area contributed by atoms with Gasteiger partial charge in [0.2, 0.25) is 11.7 Å². The van der Waals surface area contributed by atoms with E-state index in [2.05, 4.69) is 15.5 Å². The summed E-state index contributed by atoms with van der Waals surface area (Å²) in [5.41, 5.74) is 0.987. The van der Waals surface area contributed by atoms with Crippen LogP contribution in [0.15, 0.2) is 39.4 Å². The van der Waals surface area contributed by atoms with Crippen molar-refractivity contribution in [1.29, 1.82) is 0 Å². The Hall–Kier alpha value is -2.68. The molecule has 26 heavy (non-hydrogen) atoms. The molecule has 0 radical (unpaired) electrons. The average Bonchev–Trinajstić information content (AvgIpc) is 3.31. The molecule has 0 saturated carbocycles. The van der Waals surface area contributed by atoms with Gasteiger partial charge in [0, 0.05) is 23.3 Å². The van der Waals surface area contributed by atoms with E-state index in [4.69, 9.17) is 4.52 Å². The Bertz CT molecular complexity index is 1120. The minimum absolute atomic E-state index is 0.188. The van der Waals surface area contributed by atoms with E-state index in [1.54, 1.807) is 12.3 Å². The number of benzene rings is 1. The Morgan fingerprint density at radius 1 is 1.50 bits per heavy atom. The standard InChI is InChI=1S/C15H10FN4O4PS/c1-7-17-14(19-24-7)11-6-26-15(18-11)13(21)10-5-20(25(22)23)12-3-2-8(16)4-9(10)12/h2-6,18,21H,1H3. The topological polar surface area (TPSA) is 116 Å². The molecule has 1 unspecified atom stereocenters. The predicted molar refractivity (Wildman–Crippen MR) is 92.2 cm³/mol. The molecule has 1 aliphatic heterocycles. The van der Waals surface area contributed by atoms with E-state index in [0.717, 1.165) is 10.4 Å². The number of aryl methyl sites for hydroxylation is 1. The van der Waals surface area contributed by atoms with Crippen LogP contribution in [0.1, 0.15) is 17.3 Å². The number of rotatable bonds is 3. The highest BCUT2D eigenvalue weighted by atomic mass is 32.2. The molecule has 8 nitrogen and oxygen atoms in total. The lowest BCUT2D eigenvalue weighted by Gasteiger charge is -2.05. The van der Waals surface area contributed by atoms with Gasteiger partial charge in [0.15, 0.2) is 5.76 Å². The maximum absolute atomic E-state index is 13.6. The molecule has 1 aromatic carbocycles. The number of fused-ring (bicyclic) bond motifs is 1. The highest BCUT2D eigenvalue weighted by molar-refractivity contribution is 8.06. The first-order valence-corrected chi connectivity index (χ1v) is 9.28. The molecule has 0 spiro atoms. The number of hydrogen-bond acceptors (Lipinski definition) is 8. The lowest BCUT2D eigenvalue weighted by molar-refractivity contribution is -0.166. The van der Waals surface area contributed by atoms with Gasteiger partial charge in [-0.3, -0.25) is 0 Å². The zero-order valence-electron chi connectivity index (χ0n) is 13.1. The molecule has 1 aliphatic rings. The van der Waals surface area contributed by atoms with Crippen molar-refractivity contribution in [3.8, 4) is 0 Å². The zero-order valence-corrected chi connectivity index (χ0v) is 14.8. The van der Waals surface area contributed by atoms with Gasteiger partial charge in [-0.25, -0.2) is 4.39 Å². The number of aliphatic hydroxyl groups excluding tert-OH is 1. The number of nitrogens with one attached hydrogen (secondary N) is 1. The normalized spacial score (nSPS) is 16.6. The molecule has 3 heterocycles. The van der Waals surface area contributed by atoms with Crippen molar-refractivity contribution >= 4 is 42.3 Å². The molecule has 2 N–H and O–H groups in total. The van der Waals surface area contributed by atoms with E-state index >= 15 is 0 Å². The molecule has 0 fully saturated rings. The summed E-state index contributed by atoms with van der Waals surface area (Å²) in [6.45, 7) is 1.65. The second-order valence-electron chi connectivity index (χ2n) is 5.38. The van der Waals surface area contributed by atoms with Gasteiger partial charge >= 0.3 is 8.18 Å². The Kier molecular flexibility index (Phi) is 4.03. The van der Waals surface area contributed by atoms with E-state index in [0.29, 0.717) is 22.4 Å². The molecule has 0 saturated heterocycles. The molecule has 4 rings (SSSR count). The molecular weight excluding hydrogens is 382 g/mol. The van der Waals surface area contributed by atoms with Crippen LogP contribution in [0.4, 0.5) is 4.39 Å². The van der Waals surface area contributed by atoms with Crippen LogP contribution < -0.4 is 10.2 Å². The quantitative estimate of drug-likeness (QED) is 0.516. The number of aromatic nitrogens is 3. The van der Waals surface area contributed by atoms with Crippen LogP contribution in [0, 0.1) is 12.7 Å². The molecule has 0 aliphatic carbocycles. The Morgan fingerprint density at radius 2 is 2.31 bits per heavy atom. The first kappa shape index (κ1) is 16.8. The maximum Gasteiger partial charge on any atom is 0.444 e. The second-order valence-corrected chi connectivity index (χ2v) is 7.16. The highest BCUT2D eigenvalue weighted by Crippen LogP contribution is 2.37. The van der Waals surface area contributed by atoms with E-state index in [9.17, 15) is 19.0 Å². The minimum Gasteiger partial charge on any atom is -0.573 e. The van der Waals surface area contributed by atoms with Crippen molar-refractivity contribution in [3.63, 3.8) is 0 Å². The van der Waals surface area contributed by atoms with Crippen LogP contribution in [0.2, 0.25) is 0 Å². The average molecular weight is 392 g/mol. The van der Waals surface area contributed by atoms with Crippen molar-refractivity contribution in [3.05, 3.63) is 57.9 Å². The van der Waals surface area contributed by atoms with Crippen LogP contribution in [0.25, 0.3) is 22.4 Å². The summed E-state index contributed by atoms with van der Waals surface area (Å²) in [5, 5.41) is 19.7. The molecule has 0 amide bonds. The Balaban J connectivity index is 1.77. The van der Waals surface area contributed by atoms with Gasteiger partial charge in [0.1, 0.15) is 10.8 Å². The number of hydrogen-bond donors (Lipinski definition) is 2. The smallest absolute Gasteiger partial charge is 0.444 e. The van der Waals surface area contributed by atoms with Crippen molar-refractivity contribution in [2.45, 2.75) is 6.92 Å². The molecule has 11 heteroatoms. The van der Waals surface area contributed by atoms with Crippen molar-refractivity contribution < 1.29 is 23.5 Å². The summed E-state index contributed by atoms with van der Waals surface area (Å²) in [7, 11) is -2.98. The first-order chi connectivity index (χ1) is 12.4. The monoisotopic (exact) mass is 392 g/mol. The molecule has 2 aromatic heterocycles. The first-order valence-electron chi connectivity index (χ1n) is 7.27. The van der Waals surface area contributed by atoms with Gasteiger partial charge in [-0.05, 0) is 22.8 Å². The molecule has 0 bridgehead atoms. The third-order valence-corrected chi connectivity index (χ3v) is 5.27. The fourth-order valence-corrected chi connectivity index (χ4v) is 3.91. The van der Waals surface area contributed by atoms with E-state index < -0.39 is 14.0 Å². The van der Waals surface area contributed by atoms with Crippen molar-refractivity contribution in [1.82, 2.24) is 19.8 Å². The van der Waals surface area contributed by atoms with Gasteiger partial charge in [-0.1, -0.05) is 16.9 Å². The van der Waals surface area contributed by atoms with Crippen LogP contribution in [-0.2, 0) is 4.57 Å². The summed E-state index contributed by atoms with van der Waals surface area (Å²) in [4.78, 5) is 15.5. The van der Waals surface area contributed by atoms with Crippen LogP contribution in [0.5, 0.6) is 0 Å². The summed E-state index contributed by atoms with van der Waals surface area (Å²) in [6, 6.07) is 3.68. The number of nitrogens with zero attached hydrogens (tertiary/aromatic N) is 3. The summed E-state index contributed by atoms with van der Waals surface area (Å²) in [5.74, 6) is -0.0303. The highest BCUT2D eigenvalue weighted by Gasteiger charge is 2.24. The van der Waals surface area contributed by atoms with Crippen molar-refractivity contribution in [2.75, 3.05) is 0 Å². The Labute approximate surface area is 150 Å². The molecule has 3 aromatic rings. The lowest BCUT2D eigenvalue weighted by atomic mass is 10.1. The fourth-order valence-electron chi connectivity index (χ4n) is 2.56. The van der Waals surface area contributed by atoms with E-state index in [-0.39, 0.29) is 22.2 Å². The van der Waals surface area contributed by atoms with E-state index in [1.807, 2.05) is 0 Å². The summed E-state index contributed by atoms with van der Waals surface area (Å²) in [6.07, 6.45) is 1.25. The van der Waals surface area contributed by atoms with Gasteiger partial charge < -0.3 is 19.8 Å². The predicted octanol–water partition coefficient (Wildman–Crippen LogP) is 2.86. The largest absolute Gasteiger partial charge is 0.573 e. The summed E-state index contributed by atoms with van der Waals surface area (Å²) >= 11 is 1.17. The molecular formula is C15H10FN4O4PS. The molecule has 1 atom stereocenters. The SMILES string of the molecule is Cc1nc(C2=CSC(=C(O)c3cn([P+](=O)[O-])c4ccc(F)cc34)N2)no1. The second kappa shape index (κ2) is 6.24. The maximum atomic E-state index is 13.6. The van der Waals surface area contributed by atoms with Gasteiger partial charge in [0.05, 0.1) is 17.4 Å². The minimum atomic E-state index is -2.98. The number of halogens is 1. The van der Waals surface area contributed by atoms with Crippen LogP contribution in [-0.4, -0.2) is 19.6 Å². The number of thioether (sulfide) groups is 1. The molecule has 132 valence electrons. The van der Waals surface area contributed by atoms with Crippen LogP contribution >= 0.6 is 19.9 Å². The van der Waals surface area contributed by atoms with Gasteiger partial charge in [0.25, 0.3) is 0 Å². The number of aliphatic hydroxyl groups is 1. The zero-order chi connectivity index (χ0) is 18.4. The van der Waals surface area contributed by atoms with Gasteiger partial charge in [-0.15, -0.1) is 4.34 Å². The van der Waals surface area contributed by atoms with Gasteiger partial charge in [-0.2, -0.15) is 4.98 Å².